The maximum atomic E-state index is 10.6. The van der Waals surface area contributed by atoms with E-state index in [1.54, 1.807) is 7.11 Å². The minimum Gasteiger partial charge on any atom is -0.496 e. The molecule has 2 aliphatic heterocycles. The van der Waals surface area contributed by atoms with E-state index in [9.17, 15) is 26.3 Å². The molecule has 1 spiro atoms. The third kappa shape index (κ3) is 10.5. The Labute approximate surface area is 222 Å². The predicted molar refractivity (Wildman–Crippen MR) is 127 cm³/mol. The Balaban J connectivity index is 0.000000317. The van der Waals surface area contributed by atoms with Crippen LogP contribution in [-0.4, -0.2) is 97.9 Å². The van der Waals surface area contributed by atoms with Crippen molar-refractivity contribution >= 4 is 11.9 Å². The predicted octanol–water partition coefficient (Wildman–Crippen LogP) is 4.14. The number of rotatable bonds is 7. The first kappa shape index (κ1) is 32.6. The van der Waals surface area contributed by atoms with Crippen LogP contribution in [0.25, 0.3) is 0 Å². The first-order valence-corrected chi connectivity index (χ1v) is 12.3. The summed E-state index contributed by atoms with van der Waals surface area (Å²) >= 11 is 0. The Morgan fingerprint density at radius 2 is 1.56 bits per heavy atom. The molecule has 222 valence electrons. The second-order valence-corrected chi connectivity index (χ2v) is 10.1. The van der Waals surface area contributed by atoms with Gasteiger partial charge in [0.1, 0.15) is 5.75 Å². The van der Waals surface area contributed by atoms with Crippen molar-refractivity contribution < 1.29 is 55.6 Å². The molecule has 3 fully saturated rings. The van der Waals surface area contributed by atoms with Crippen LogP contribution in [0, 0.1) is 17.3 Å². The van der Waals surface area contributed by atoms with Crippen LogP contribution in [0.5, 0.6) is 5.75 Å². The third-order valence-electron chi connectivity index (χ3n) is 6.89. The van der Waals surface area contributed by atoms with E-state index in [1.807, 2.05) is 6.07 Å². The third-order valence-corrected chi connectivity index (χ3v) is 6.89. The Kier molecular flexibility index (Phi) is 11.4. The number of likely N-dealkylation sites (tertiary alicyclic amines) is 2. The molecule has 3 aliphatic rings. The SMILES string of the molecule is COc1ccccc1CN1CC[C@@]2(CN(C)C[C@@H]2COCC2CC2)C1.O=C(O)C(F)(F)F.O=C(O)C(F)(F)F. The number of ether oxygens (including phenoxy) is 2. The number of hydrogen-bond acceptors (Lipinski definition) is 6. The summed E-state index contributed by atoms with van der Waals surface area (Å²) in [4.78, 5) is 22.9. The van der Waals surface area contributed by atoms with Gasteiger partial charge in [-0.05, 0) is 44.8 Å². The summed E-state index contributed by atoms with van der Waals surface area (Å²) in [6.45, 7) is 7.70. The summed E-state index contributed by atoms with van der Waals surface area (Å²) < 4.78 is 75.1. The van der Waals surface area contributed by atoms with Crippen molar-refractivity contribution in [3.63, 3.8) is 0 Å². The fourth-order valence-electron chi connectivity index (χ4n) is 4.85. The summed E-state index contributed by atoms with van der Waals surface area (Å²) in [6, 6.07) is 8.43. The van der Waals surface area contributed by atoms with Crippen LogP contribution in [0.4, 0.5) is 26.3 Å². The van der Waals surface area contributed by atoms with E-state index in [0.29, 0.717) is 11.3 Å². The fraction of sp³-hybridized carbons (Fsp3) is 0.680. The summed E-state index contributed by atoms with van der Waals surface area (Å²) in [7, 11) is 4.04. The van der Waals surface area contributed by atoms with E-state index in [1.165, 1.54) is 51.0 Å². The van der Waals surface area contributed by atoms with E-state index in [-0.39, 0.29) is 0 Å². The molecule has 1 aromatic carbocycles. The van der Waals surface area contributed by atoms with Gasteiger partial charge in [0.05, 0.1) is 13.7 Å². The molecule has 1 saturated carbocycles. The number of methoxy groups -OCH3 is 1. The molecule has 2 N–H and O–H groups in total. The van der Waals surface area contributed by atoms with Crippen LogP contribution in [0.1, 0.15) is 24.8 Å². The van der Waals surface area contributed by atoms with Gasteiger partial charge in [-0.25, -0.2) is 9.59 Å². The lowest BCUT2D eigenvalue weighted by molar-refractivity contribution is -0.193. The zero-order valence-electron chi connectivity index (χ0n) is 21.7. The van der Waals surface area contributed by atoms with E-state index < -0.39 is 24.3 Å². The maximum Gasteiger partial charge on any atom is 0.490 e. The number of hydrogen-bond donors (Lipinski definition) is 2. The number of carbonyl (C=O) groups is 2. The second kappa shape index (κ2) is 13.7. The quantitative estimate of drug-likeness (QED) is 0.471. The second-order valence-electron chi connectivity index (χ2n) is 10.1. The van der Waals surface area contributed by atoms with Gasteiger partial charge in [0, 0.05) is 49.7 Å². The van der Waals surface area contributed by atoms with E-state index >= 15 is 0 Å². The van der Waals surface area contributed by atoms with Crippen molar-refractivity contribution in [2.24, 2.45) is 17.3 Å². The van der Waals surface area contributed by atoms with Crippen LogP contribution in [0.2, 0.25) is 0 Å². The molecular weight excluding hydrogens is 538 g/mol. The molecule has 0 amide bonds. The number of halogens is 6. The molecule has 0 unspecified atom stereocenters. The summed E-state index contributed by atoms with van der Waals surface area (Å²) in [6.07, 6.45) is -6.12. The molecule has 2 saturated heterocycles. The van der Waals surface area contributed by atoms with Crippen molar-refractivity contribution in [3.05, 3.63) is 29.8 Å². The fourth-order valence-corrected chi connectivity index (χ4v) is 4.85. The molecule has 4 rings (SSSR count). The first-order chi connectivity index (χ1) is 18.1. The number of carboxylic acids is 2. The van der Waals surface area contributed by atoms with Gasteiger partial charge in [-0.1, -0.05) is 18.2 Å². The van der Waals surface area contributed by atoms with Crippen LogP contribution >= 0.6 is 0 Å². The topological polar surface area (TPSA) is 99.5 Å². The Morgan fingerprint density at radius 3 is 2.08 bits per heavy atom. The highest BCUT2D eigenvalue weighted by Crippen LogP contribution is 2.44. The average Bonchev–Trinajstić information content (AvgIpc) is 3.50. The van der Waals surface area contributed by atoms with Crippen LogP contribution in [0.15, 0.2) is 24.3 Å². The molecule has 39 heavy (non-hydrogen) atoms. The number of benzene rings is 1. The minimum absolute atomic E-state index is 0.417. The van der Waals surface area contributed by atoms with Gasteiger partial charge in [-0.15, -0.1) is 0 Å². The summed E-state index contributed by atoms with van der Waals surface area (Å²) in [5, 5.41) is 14.2. The lowest BCUT2D eigenvalue weighted by Crippen LogP contribution is -2.36. The van der Waals surface area contributed by atoms with Crippen molar-refractivity contribution in [1.29, 1.82) is 0 Å². The maximum absolute atomic E-state index is 10.6. The molecule has 1 aromatic rings. The average molecular weight is 573 g/mol. The molecule has 2 heterocycles. The van der Waals surface area contributed by atoms with Gasteiger partial charge < -0.3 is 24.6 Å². The lowest BCUT2D eigenvalue weighted by atomic mass is 9.77. The Hall–Kier alpha value is -2.58. The standard InChI is InChI=1S/C21H32N2O2.2C2HF3O2/c1-22-12-19(14-25-13-17-7-8-17)21(15-22)9-10-23(16-21)11-18-5-3-4-6-20(18)24-2;2*3-2(4,5)1(6)7/h3-6,17,19H,7-16H2,1-2H3;2*(H,6,7)/t19-,21-;;/m1../s1. The van der Waals surface area contributed by atoms with Crippen molar-refractivity contribution in [3.8, 4) is 5.75 Å². The summed E-state index contributed by atoms with van der Waals surface area (Å²) in [5.74, 6) is -2.96. The largest absolute Gasteiger partial charge is 0.496 e. The zero-order chi connectivity index (χ0) is 29.4. The van der Waals surface area contributed by atoms with Gasteiger partial charge in [0.15, 0.2) is 0 Å². The highest BCUT2D eigenvalue weighted by molar-refractivity contribution is 5.73. The lowest BCUT2D eigenvalue weighted by Gasteiger charge is -2.30. The van der Waals surface area contributed by atoms with Crippen molar-refractivity contribution in [1.82, 2.24) is 9.80 Å². The molecular formula is C25H34F6N2O6. The van der Waals surface area contributed by atoms with Crippen molar-refractivity contribution in [2.45, 2.75) is 38.2 Å². The van der Waals surface area contributed by atoms with Crippen molar-refractivity contribution in [2.75, 3.05) is 53.6 Å². The van der Waals surface area contributed by atoms with Gasteiger partial charge in [-0.2, -0.15) is 26.3 Å². The van der Waals surface area contributed by atoms with E-state index in [2.05, 4.69) is 35.0 Å². The molecule has 0 radical (unpaired) electrons. The molecule has 0 aromatic heterocycles. The highest BCUT2D eigenvalue weighted by atomic mass is 19.4. The van der Waals surface area contributed by atoms with Crippen LogP contribution in [0.3, 0.4) is 0 Å². The highest BCUT2D eigenvalue weighted by Gasteiger charge is 2.49. The minimum atomic E-state index is -5.08. The molecule has 0 bridgehead atoms. The zero-order valence-corrected chi connectivity index (χ0v) is 21.7. The number of nitrogens with zero attached hydrogens (tertiary/aromatic N) is 2. The van der Waals surface area contributed by atoms with Gasteiger partial charge in [0.2, 0.25) is 0 Å². The smallest absolute Gasteiger partial charge is 0.490 e. The van der Waals surface area contributed by atoms with Gasteiger partial charge in [-0.3, -0.25) is 4.90 Å². The first-order valence-electron chi connectivity index (χ1n) is 12.3. The number of para-hydroxylation sites is 1. The van der Waals surface area contributed by atoms with Gasteiger partial charge >= 0.3 is 24.3 Å². The number of aliphatic carboxylic acids is 2. The molecule has 1 aliphatic carbocycles. The Morgan fingerprint density at radius 1 is 1.00 bits per heavy atom. The Bertz CT molecular complexity index is 932. The van der Waals surface area contributed by atoms with Crippen LogP contribution in [-0.2, 0) is 20.9 Å². The number of alkyl halides is 6. The van der Waals surface area contributed by atoms with Crippen LogP contribution < -0.4 is 4.74 Å². The van der Waals surface area contributed by atoms with E-state index in [0.717, 1.165) is 31.4 Å². The molecule has 14 heteroatoms. The van der Waals surface area contributed by atoms with E-state index in [4.69, 9.17) is 29.3 Å². The molecule has 8 nitrogen and oxygen atoms in total. The number of carboxylic acid groups (broad SMARTS) is 2. The summed E-state index contributed by atoms with van der Waals surface area (Å²) in [5.41, 5.74) is 1.72. The monoisotopic (exact) mass is 572 g/mol. The normalized spacial score (nSPS) is 23.5. The van der Waals surface area contributed by atoms with Gasteiger partial charge in [0.25, 0.3) is 0 Å². The molecule has 2 atom stereocenters.